The first-order valence-electron chi connectivity index (χ1n) is 10.7. The third-order valence-corrected chi connectivity index (χ3v) is 5.38. The van der Waals surface area contributed by atoms with Crippen molar-refractivity contribution in [1.29, 1.82) is 0 Å². The van der Waals surface area contributed by atoms with Crippen LogP contribution in [-0.4, -0.2) is 92.2 Å². The number of aliphatic imine (C=N–C) groups is 1. The fourth-order valence-corrected chi connectivity index (χ4v) is 3.66. The van der Waals surface area contributed by atoms with Gasteiger partial charge in [-0.3, -0.25) is 9.89 Å². The maximum absolute atomic E-state index is 5.55. The number of hydrogen-bond donors (Lipinski definition) is 1. The Morgan fingerprint density at radius 1 is 1.19 bits per heavy atom. The highest BCUT2D eigenvalue weighted by Crippen LogP contribution is 2.40. The second kappa shape index (κ2) is 9.52. The van der Waals surface area contributed by atoms with Crippen molar-refractivity contribution in [3.05, 3.63) is 12.4 Å². The molecule has 166 valence electrons. The van der Waals surface area contributed by atoms with Gasteiger partial charge in [-0.05, 0) is 39.6 Å². The van der Waals surface area contributed by atoms with Crippen LogP contribution in [0.2, 0.25) is 0 Å². The van der Waals surface area contributed by atoms with Crippen molar-refractivity contribution >= 4 is 30.0 Å². The van der Waals surface area contributed by atoms with Crippen LogP contribution in [0.1, 0.15) is 12.8 Å². The Hall–Kier alpha value is -2.85. The molecule has 1 saturated carbocycles. The van der Waals surface area contributed by atoms with E-state index in [9.17, 15) is 0 Å². The lowest BCUT2D eigenvalue weighted by Gasteiger charge is -2.32. The molecule has 0 bridgehead atoms. The molecule has 3 heterocycles. The Morgan fingerprint density at radius 3 is 2.48 bits per heavy atom. The summed E-state index contributed by atoms with van der Waals surface area (Å²) in [6, 6.07) is 0. The molecule has 0 unspecified atom stereocenters. The molecule has 0 aromatic carbocycles. The minimum absolute atomic E-state index is 0.560. The smallest absolute Gasteiger partial charge is 0.222 e. The van der Waals surface area contributed by atoms with E-state index < -0.39 is 0 Å². The van der Waals surface area contributed by atoms with Crippen molar-refractivity contribution in [2.45, 2.75) is 12.8 Å². The molecular formula is C21H31N9O. The Balaban J connectivity index is 1.82. The largest absolute Gasteiger partial charge is 0.378 e. The second-order valence-corrected chi connectivity index (χ2v) is 8.23. The summed E-state index contributed by atoms with van der Waals surface area (Å²) in [5, 5.41) is 2.94. The lowest BCUT2D eigenvalue weighted by molar-refractivity contribution is 0.122. The molecule has 0 radical (unpaired) electrons. The summed E-state index contributed by atoms with van der Waals surface area (Å²) in [4.78, 5) is 29.6. The van der Waals surface area contributed by atoms with Crippen LogP contribution in [0.5, 0.6) is 0 Å². The van der Waals surface area contributed by atoms with Gasteiger partial charge in [0, 0.05) is 39.1 Å². The molecule has 1 saturated heterocycles. The van der Waals surface area contributed by atoms with Crippen LogP contribution in [0.3, 0.4) is 0 Å². The maximum Gasteiger partial charge on any atom is 0.222 e. The predicted octanol–water partition coefficient (Wildman–Crippen LogP) is 1.88. The van der Waals surface area contributed by atoms with Gasteiger partial charge in [-0.1, -0.05) is 0 Å². The third-order valence-electron chi connectivity index (χ3n) is 5.38. The molecule has 2 aromatic rings. The first kappa shape index (κ1) is 21.4. The van der Waals surface area contributed by atoms with E-state index in [2.05, 4.69) is 55.8 Å². The highest BCUT2D eigenvalue weighted by Gasteiger charge is 2.29. The number of ether oxygens (including phenoxy) is 1. The minimum atomic E-state index is 0.560. The van der Waals surface area contributed by atoms with Crippen LogP contribution in [-0.2, 0) is 4.74 Å². The zero-order valence-electron chi connectivity index (χ0n) is 18.6. The van der Waals surface area contributed by atoms with E-state index in [1.54, 1.807) is 19.4 Å². The number of nitrogens with one attached hydrogen (secondary N) is 1. The minimum Gasteiger partial charge on any atom is -0.378 e. The summed E-state index contributed by atoms with van der Waals surface area (Å²) >= 11 is 0. The zero-order valence-corrected chi connectivity index (χ0v) is 18.6. The van der Waals surface area contributed by atoms with Crippen LogP contribution < -0.4 is 15.1 Å². The Kier molecular flexibility index (Phi) is 6.57. The standard InChI is InChI=1S/C21H31N9O/c1-22-17-19(29-7-9-31-10-8-29)26-18(16-11-24-21(23-2)25-12-16)27-20(17)30(14-28(3)4)13-15-5-6-15/h11-12,15H,1,5-10,13-14H2,2-4H3,(H,23,24,25). The lowest BCUT2D eigenvalue weighted by Crippen LogP contribution is -2.38. The van der Waals surface area contributed by atoms with Crippen molar-refractivity contribution in [1.82, 2.24) is 24.8 Å². The molecule has 2 aromatic heterocycles. The highest BCUT2D eigenvalue weighted by atomic mass is 16.5. The van der Waals surface area contributed by atoms with Crippen molar-refractivity contribution < 1.29 is 4.74 Å². The van der Waals surface area contributed by atoms with Gasteiger partial charge in [-0.2, -0.15) is 0 Å². The quantitative estimate of drug-likeness (QED) is 0.477. The number of anilines is 3. The van der Waals surface area contributed by atoms with Gasteiger partial charge in [-0.25, -0.2) is 19.9 Å². The van der Waals surface area contributed by atoms with E-state index in [1.165, 1.54) is 12.8 Å². The molecule has 10 heteroatoms. The number of nitrogens with zero attached hydrogens (tertiary/aromatic N) is 8. The van der Waals surface area contributed by atoms with E-state index >= 15 is 0 Å². The van der Waals surface area contributed by atoms with Gasteiger partial charge in [-0.15, -0.1) is 0 Å². The van der Waals surface area contributed by atoms with Gasteiger partial charge in [0.2, 0.25) is 5.95 Å². The monoisotopic (exact) mass is 425 g/mol. The normalized spacial score (nSPS) is 16.5. The van der Waals surface area contributed by atoms with E-state index in [1.807, 2.05) is 0 Å². The van der Waals surface area contributed by atoms with Crippen LogP contribution in [0, 0.1) is 5.92 Å². The summed E-state index contributed by atoms with van der Waals surface area (Å²) in [5.74, 6) is 3.44. The van der Waals surface area contributed by atoms with Gasteiger partial charge >= 0.3 is 0 Å². The number of rotatable bonds is 9. The predicted molar refractivity (Wildman–Crippen MR) is 123 cm³/mol. The third kappa shape index (κ3) is 5.08. The van der Waals surface area contributed by atoms with E-state index in [0.29, 0.717) is 30.9 Å². The second-order valence-electron chi connectivity index (χ2n) is 8.23. The maximum atomic E-state index is 5.55. The molecule has 2 aliphatic rings. The molecule has 0 atom stereocenters. The van der Waals surface area contributed by atoms with Crippen molar-refractivity contribution in [2.75, 3.05) is 75.8 Å². The molecule has 0 spiro atoms. The van der Waals surface area contributed by atoms with Gasteiger partial charge in [0.1, 0.15) is 5.69 Å². The topological polar surface area (TPSA) is 94.9 Å². The number of morpholine rings is 1. The van der Waals surface area contributed by atoms with Crippen molar-refractivity contribution in [2.24, 2.45) is 10.9 Å². The number of aromatic nitrogens is 4. The summed E-state index contributed by atoms with van der Waals surface area (Å²) in [6.07, 6.45) is 6.02. The highest BCUT2D eigenvalue weighted by molar-refractivity contribution is 5.80. The first-order valence-corrected chi connectivity index (χ1v) is 10.7. The Bertz CT molecular complexity index is 888. The van der Waals surface area contributed by atoms with Crippen LogP contribution in [0.4, 0.5) is 23.3 Å². The van der Waals surface area contributed by atoms with Gasteiger partial charge < -0.3 is 19.9 Å². The van der Waals surface area contributed by atoms with Crippen molar-refractivity contribution in [3.8, 4) is 11.4 Å². The zero-order chi connectivity index (χ0) is 21.8. The van der Waals surface area contributed by atoms with Gasteiger partial charge in [0.15, 0.2) is 17.5 Å². The summed E-state index contributed by atoms with van der Waals surface area (Å²) in [7, 11) is 5.92. The molecule has 31 heavy (non-hydrogen) atoms. The van der Waals surface area contributed by atoms with Gasteiger partial charge in [0.05, 0.1) is 25.4 Å². The van der Waals surface area contributed by atoms with Gasteiger partial charge in [0.25, 0.3) is 0 Å². The summed E-state index contributed by atoms with van der Waals surface area (Å²) in [6.45, 7) is 8.38. The number of hydrogen-bond acceptors (Lipinski definition) is 10. The Morgan fingerprint density at radius 2 is 1.90 bits per heavy atom. The molecule has 1 N–H and O–H groups in total. The fraction of sp³-hybridized carbons (Fsp3) is 0.571. The average molecular weight is 426 g/mol. The molecule has 4 rings (SSSR count). The molecule has 0 amide bonds. The van der Waals surface area contributed by atoms with E-state index in [0.717, 1.165) is 49.2 Å². The summed E-state index contributed by atoms with van der Waals surface area (Å²) < 4.78 is 5.55. The molecule has 1 aliphatic heterocycles. The SMILES string of the molecule is C=Nc1c(N2CCOCC2)nc(-c2cnc(NC)nc2)nc1N(CC1CC1)CN(C)C. The van der Waals surface area contributed by atoms with Crippen LogP contribution in [0.15, 0.2) is 17.4 Å². The fourth-order valence-electron chi connectivity index (χ4n) is 3.66. The lowest BCUT2D eigenvalue weighted by atomic mass is 10.2. The summed E-state index contributed by atoms with van der Waals surface area (Å²) in [5.41, 5.74) is 1.49. The Labute approximate surface area is 183 Å². The van der Waals surface area contributed by atoms with E-state index in [4.69, 9.17) is 14.7 Å². The molecule has 2 fully saturated rings. The molecule has 10 nitrogen and oxygen atoms in total. The molecule has 1 aliphatic carbocycles. The van der Waals surface area contributed by atoms with E-state index in [-0.39, 0.29) is 0 Å². The first-order chi connectivity index (χ1) is 15.1. The van der Waals surface area contributed by atoms with Crippen LogP contribution in [0.25, 0.3) is 11.4 Å². The molecular weight excluding hydrogens is 394 g/mol. The van der Waals surface area contributed by atoms with Crippen molar-refractivity contribution in [3.63, 3.8) is 0 Å². The van der Waals surface area contributed by atoms with Crippen LogP contribution >= 0.6 is 0 Å². The average Bonchev–Trinajstić information content (AvgIpc) is 3.62.